The standard InChI is InChI=1S/C53H84O21/c1-10-23(2)44(67)73-40-35(60)28(21-56)70-46(39(40)64)72-32-14-15-50(7)29(49(32,5)6)13-16-51(8)30(50)12-11-24-25-17-48(3,4)42(65)43(66)53(25,31(57)18-52(24,51)9)22-68-47-41(37(62)34(59)27(20-55)71-47)74-45-38(63)36(61)33(58)26(19-54)69-45/h10-11,25-30,32-43,45-47,54-56,58-66H,12-22H2,1-9H3/b23-10-/t25-,26-,27-,28+,29-,30+,32-,33-,34-,35+,36-,37-,38-,39+,40-,41-,42-,43-,45+,46-,47-,50-,51+,52+,53-/m0/s1. The second-order valence-electron chi connectivity index (χ2n) is 24.9. The van der Waals surface area contributed by atoms with Crippen LogP contribution in [0, 0.1) is 50.2 Å². The van der Waals surface area contributed by atoms with Gasteiger partial charge in [-0.3, -0.25) is 4.79 Å². The molecule has 8 aliphatic rings. The molecule has 0 aromatic carbocycles. The Morgan fingerprint density at radius 1 is 0.689 bits per heavy atom. The van der Waals surface area contributed by atoms with Gasteiger partial charge >= 0.3 is 5.97 Å². The van der Waals surface area contributed by atoms with E-state index in [1.54, 1.807) is 19.9 Å². The zero-order valence-corrected chi connectivity index (χ0v) is 44.1. The van der Waals surface area contributed by atoms with Crippen molar-refractivity contribution in [2.75, 3.05) is 26.4 Å². The molecule has 3 saturated heterocycles. The minimum atomic E-state index is -1.91. The highest BCUT2D eigenvalue weighted by Crippen LogP contribution is 2.75. The second-order valence-corrected chi connectivity index (χ2v) is 24.9. The first kappa shape index (κ1) is 58.1. The van der Waals surface area contributed by atoms with Crippen molar-refractivity contribution in [1.82, 2.24) is 0 Å². The van der Waals surface area contributed by atoms with Crippen LogP contribution in [-0.2, 0) is 42.7 Å². The number of carbonyl (C=O) groups excluding carboxylic acids is 2. The quantitative estimate of drug-likeness (QED) is 0.0495. The Labute approximate surface area is 432 Å². The Hall–Kier alpha value is -2.10. The van der Waals surface area contributed by atoms with Crippen LogP contribution in [0.15, 0.2) is 23.3 Å². The van der Waals surface area contributed by atoms with E-state index < -0.39 is 176 Å². The first-order valence-corrected chi connectivity index (χ1v) is 26.5. The van der Waals surface area contributed by atoms with E-state index in [1.165, 1.54) is 0 Å². The number of aliphatic hydroxyl groups excluding tert-OH is 12. The van der Waals surface area contributed by atoms with Crippen molar-refractivity contribution in [3.63, 3.8) is 0 Å². The van der Waals surface area contributed by atoms with E-state index in [0.29, 0.717) is 25.7 Å². The normalized spacial score (nSPS) is 51.1. The van der Waals surface area contributed by atoms with Crippen molar-refractivity contribution in [1.29, 1.82) is 0 Å². The number of hydrogen-bond acceptors (Lipinski definition) is 21. The van der Waals surface area contributed by atoms with Crippen LogP contribution < -0.4 is 0 Å². The lowest BCUT2D eigenvalue weighted by molar-refractivity contribution is -0.370. The molecule has 5 aliphatic carbocycles. The third kappa shape index (κ3) is 9.01. The van der Waals surface area contributed by atoms with E-state index in [0.717, 1.165) is 12.0 Å². The number of Topliss-reactive ketones (excluding diaryl/α,β-unsaturated/α-hetero) is 1. The molecule has 0 spiro atoms. The SMILES string of the molecule is C/C=C(/C)C(=O)O[C@@H]1[C@@H](O)[C@H](O[C@H]2CC[C@]3(C)[C@H]4CC=C5[C@@H]6CC(C)(C)[C@@H](O)[C@H](O)[C@]6(CO[C@H]6O[C@@H](CO)[C@H](O)[C@H](O)[C@@H]6O[C@H]6O[C@@H](CO)[C@H](O)[C@H](O)[C@@H]6O)C(=O)C[C@@]5(C)[C@]4(C)CC[C@H]3C2(C)C)O[C@H](CO)[C@H]1O. The third-order valence-corrected chi connectivity index (χ3v) is 20.4. The molecule has 25 atom stereocenters. The fourth-order valence-corrected chi connectivity index (χ4v) is 15.5. The second kappa shape index (κ2) is 20.8. The predicted molar refractivity (Wildman–Crippen MR) is 257 cm³/mol. The molecule has 8 rings (SSSR count). The molecule has 0 unspecified atom stereocenters. The molecule has 3 aliphatic heterocycles. The lowest BCUT2D eigenvalue weighted by Crippen LogP contribution is -2.71. The van der Waals surface area contributed by atoms with Gasteiger partial charge < -0.3 is 94.4 Å². The number of aliphatic hydroxyl groups is 12. The van der Waals surface area contributed by atoms with Gasteiger partial charge in [0.15, 0.2) is 25.0 Å². The zero-order chi connectivity index (χ0) is 54.6. The van der Waals surface area contributed by atoms with Crippen LogP contribution in [-0.4, -0.2) is 210 Å². The summed E-state index contributed by atoms with van der Waals surface area (Å²) in [6, 6.07) is 0. The van der Waals surface area contributed by atoms with Crippen LogP contribution >= 0.6 is 0 Å². The van der Waals surface area contributed by atoms with Gasteiger partial charge in [-0.25, -0.2) is 4.79 Å². The average Bonchev–Trinajstić information content (AvgIpc) is 3.35. The van der Waals surface area contributed by atoms with Gasteiger partial charge in [0.2, 0.25) is 0 Å². The highest BCUT2D eigenvalue weighted by atomic mass is 16.8. The van der Waals surface area contributed by atoms with E-state index in [9.17, 15) is 66.1 Å². The maximum atomic E-state index is 15.6. The summed E-state index contributed by atoms with van der Waals surface area (Å²) >= 11 is 0. The minimum absolute atomic E-state index is 0.0310. The molecule has 3 heterocycles. The molecular formula is C53H84O21. The first-order valence-electron chi connectivity index (χ1n) is 26.5. The van der Waals surface area contributed by atoms with Gasteiger partial charge in [-0.1, -0.05) is 66.2 Å². The molecule has 0 aromatic heterocycles. The summed E-state index contributed by atoms with van der Waals surface area (Å²) in [6.45, 7) is 15.1. The van der Waals surface area contributed by atoms with Crippen molar-refractivity contribution in [2.45, 2.75) is 218 Å². The number of esters is 1. The third-order valence-electron chi connectivity index (χ3n) is 20.4. The zero-order valence-electron chi connectivity index (χ0n) is 44.1. The fourth-order valence-electron chi connectivity index (χ4n) is 15.5. The average molecular weight is 1060 g/mol. The highest BCUT2D eigenvalue weighted by Gasteiger charge is 2.73. The molecule has 0 radical (unpaired) electrons. The predicted octanol–water partition coefficient (Wildman–Crippen LogP) is -0.748. The van der Waals surface area contributed by atoms with Gasteiger partial charge in [0, 0.05) is 17.4 Å². The maximum Gasteiger partial charge on any atom is 0.333 e. The van der Waals surface area contributed by atoms with Gasteiger partial charge in [-0.05, 0) is 91.8 Å². The van der Waals surface area contributed by atoms with Crippen LogP contribution in [0.3, 0.4) is 0 Å². The van der Waals surface area contributed by atoms with Crippen LogP contribution in [0.5, 0.6) is 0 Å². The lowest BCUT2D eigenvalue weighted by atomic mass is 9.33. The summed E-state index contributed by atoms with van der Waals surface area (Å²) in [5, 5.41) is 131. The summed E-state index contributed by atoms with van der Waals surface area (Å²) in [5.74, 6) is -1.65. The molecule has 0 bridgehead atoms. The van der Waals surface area contributed by atoms with E-state index in [-0.39, 0.29) is 41.4 Å². The monoisotopic (exact) mass is 1060 g/mol. The van der Waals surface area contributed by atoms with Gasteiger partial charge in [0.25, 0.3) is 0 Å². The molecule has 12 N–H and O–H groups in total. The van der Waals surface area contributed by atoms with Crippen molar-refractivity contribution < 1.29 is 104 Å². The molecule has 422 valence electrons. The molecule has 21 heteroatoms. The Balaban J connectivity index is 1.07. The van der Waals surface area contributed by atoms with Crippen LogP contribution in [0.4, 0.5) is 0 Å². The molecule has 21 nitrogen and oxygen atoms in total. The number of carbonyl (C=O) groups is 2. The molecular weight excluding hydrogens is 973 g/mol. The Morgan fingerprint density at radius 2 is 1.27 bits per heavy atom. The summed E-state index contributed by atoms with van der Waals surface area (Å²) in [5.41, 5.74) is -3.48. The van der Waals surface area contributed by atoms with Gasteiger partial charge in [-0.15, -0.1) is 0 Å². The maximum absolute atomic E-state index is 15.6. The highest BCUT2D eigenvalue weighted by molar-refractivity contribution is 5.90. The van der Waals surface area contributed by atoms with E-state index >= 15 is 4.79 Å². The molecule has 0 aromatic rings. The molecule has 0 amide bonds. The summed E-state index contributed by atoms with van der Waals surface area (Å²) < 4.78 is 42.1. The van der Waals surface area contributed by atoms with Crippen molar-refractivity contribution in [3.05, 3.63) is 23.3 Å². The minimum Gasteiger partial charge on any atom is -0.453 e. The molecule has 74 heavy (non-hydrogen) atoms. The Morgan fingerprint density at radius 3 is 1.88 bits per heavy atom. The van der Waals surface area contributed by atoms with E-state index in [4.69, 9.17) is 33.2 Å². The number of fused-ring (bicyclic) bond motifs is 7. The summed E-state index contributed by atoms with van der Waals surface area (Å²) in [7, 11) is 0. The number of hydrogen-bond donors (Lipinski definition) is 12. The van der Waals surface area contributed by atoms with Crippen molar-refractivity contribution >= 4 is 11.8 Å². The van der Waals surface area contributed by atoms with E-state index in [1.807, 2.05) is 13.8 Å². The van der Waals surface area contributed by atoms with E-state index in [2.05, 4.69) is 40.7 Å². The number of ether oxygens (including phenoxy) is 7. The van der Waals surface area contributed by atoms with Gasteiger partial charge in [-0.2, -0.15) is 0 Å². The molecule has 7 fully saturated rings. The number of allylic oxidation sites excluding steroid dienone is 3. The summed E-state index contributed by atoms with van der Waals surface area (Å²) in [4.78, 5) is 28.4. The van der Waals surface area contributed by atoms with Gasteiger partial charge in [0.05, 0.1) is 50.2 Å². The van der Waals surface area contributed by atoms with Crippen molar-refractivity contribution in [3.8, 4) is 0 Å². The molecule has 4 saturated carbocycles. The Kier molecular flexibility index (Phi) is 16.4. The number of rotatable bonds is 12. The lowest BCUT2D eigenvalue weighted by Gasteiger charge is -2.71. The number of ketones is 1. The first-order chi connectivity index (χ1) is 34.6. The van der Waals surface area contributed by atoms with Gasteiger partial charge in [0.1, 0.15) is 72.9 Å². The smallest absolute Gasteiger partial charge is 0.333 e. The van der Waals surface area contributed by atoms with Crippen LogP contribution in [0.1, 0.15) is 107 Å². The topological polar surface area (TPSA) is 342 Å². The Bertz CT molecular complexity index is 2120. The van der Waals surface area contributed by atoms with Crippen molar-refractivity contribution in [2.24, 2.45) is 50.2 Å². The largest absolute Gasteiger partial charge is 0.453 e. The van der Waals surface area contributed by atoms with Crippen LogP contribution in [0.25, 0.3) is 0 Å². The van der Waals surface area contributed by atoms with Crippen LogP contribution in [0.2, 0.25) is 0 Å². The summed E-state index contributed by atoms with van der Waals surface area (Å²) in [6.07, 6.45) is -20.4. The fraction of sp³-hybridized carbons (Fsp3) is 0.887.